The van der Waals surface area contributed by atoms with Gasteiger partial charge in [-0.3, -0.25) is 4.79 Å². The van der Waals surface area contributed by atoms with Crippen LogP contribution in [-0.4, -0.2) is 18.3 Å². The highest BCUT2D eigenvalue weighted by Gasteiger charge is 2.41. The minimum Gasteiger partial charge on any atom is -0.351 e. The summed E-state index contributed by atoms with van der Waals surface area (Å²) >= 11 is 7.11. The van der Waals surface area contributed by atoms with Gasteiger partial charge >= 0.3 is 0 Å². The number of fused-ring (bicyclic) bond motifs is 1. The summed E-state index contributed by atoms with van der Waals surface area (Å²) in [5, 5.41) is 3.89. The molecule has 1 fully saturated rings. The Labute approximate surface area is 125 Å². The maximum Gasteiger partial charge on any atom is 0.261 e. The molecule has 1 saturated carbocycles. The highest BCUT2D eigenvalue weighted by atomic mass is 35.5. The van der Waals surface area contributed by atoms with Gasteiger partial charge in [0.1, 0.15) is 5.82 Å². The lowest BCUT2D eigenvalue weighted by molar-refractivity contribution is 0.0948. The van der Waals surface area contributed by atoms with Crippen LogP contribution in [0.5, 0.6) is 0 Å². The molecule has 1 N–H and O–H groups in total. The van der Waals surface area contributed by atoms with Crippen molar-refractivity contribution in [3.63, 3.8) is 0 Å². The molecule has 0 aliphatic heterocycles. The SMILES string of the molecule is O=C(NCC1(CCCl)CC1)c1cc2ccc(F)cc2s1. The zero-order chi connectivity index (χ0) is 14.2. The van der Waals surface area contributed by atoms with Crippen molar-refractivity contribution in [2.75, 3.05) is 12.4 Å². The quantitative estimate of drug-likeness (QED) is 0.825. The average Bonchev–Trinajstić information content (AvgIpc) is 3.06. The first kappa shape index (κ1) is 13.8. The number of rotatable bonds is 5. The molecule has 0 bridgehead atoms. The summed E-state index contributed by atoms with van der Waals surface area (Å²) in [6, 6.07) is 6.40. The molecule has 3 rings (SSSR count). The zero-order valence-corrected chi connectivity index (χ0v) is 12.5. The fourth-order valence-corrected chi connectivity index (χ4v) is 3.77. The molecule has 106 valence electrons. The van der Waals surface area contributed by atoms with E-state index in [0.29, 0.717) is 17.3 Å². The van der Waals surface area contributed by atoms with E-state index in [0.717, 1.165) is 29.3 Å². The highest BCUT2D eigenvalue weighted by molar-refractivity contribution is 7.20. The second-order valence-corrected chi connectivity index (χ2v) is 6.88. The molecule has 0 radical (unpaired) electrons. The molecular formula is C15H15ClFNOS. The van der Waals surface area contributed by atoms with Gasteiger partial charge < -0.3 is 5.32 Å². The second-order valence-electron chi connectivity index (χ2n) is 5.41. The summed E-state index contributed by atoms with van der Waals surface area (Å²) in [5.41, 5.74) is 0.222. The molecule has 0 unspecified atom stereocenters. The normalized spacial score (nSPS) is 16.3. The third kappa shape index (κ3) is 2.81. The molecule has 0 spiro atoms. The monoisotopic (exact) mass is 311 g/mol. The third-order valence-corrected chi connectivity index (χ3v) is 5.20. The first-order chi connectivity index (χ1) is 9.62. The fraction of sp³-hybridized carbons (Fsp3) is 0.400. The van der Waals surface area contributed by atoms with Crippen LogP contribution in [0.15, 0.2) is 24.3 Å². The molecule has 0 saturated heterocycles. The Bertz CT molecular complexity index is 650. The van der Waals surface area contributed by atoms with Gasteiger partial charge in [0.2, 0.25) is 0 Å². The number of hydrogen-bond donors (Lipinski definition) is 1. The minimum absolute atomic E-state index is 0.0764. The molecule has 1 aliphatic carbocycles. The molecule has 0 atom stereocenters. The Hall–Kier alpha value is -1.13. The van der Waals surface area contributed by atoms with Crippen molar-refractivity contribution < 1.29 is 9.18 Å². The number of nitrogens with one attached hydrogen (secondary N) is 1. The summed E-state index contributed by atoms with van der Waals surface area (Å²) in [5.74, 6) is 0.288. The molecule has 5 heteroatoms. The maximum absolute atomic E-state index is 13.1. The van der Waals surface area contributed by atoms with Crippen molar-refractivity contribution in [1.29, 1.82) is 0 Å². The van der Waals surface area contributed by atoms with Crippen LogP contribution in [0, 0.1) is 11.2 Å². The van der Waals surface area contributed by atoms with Crippen LogP contribution in [0.3, 0.4) is 0 Å². The van der Waals surface area contributed by atoms with Gasteiger partial charge in [0.05, 0.1) is 4.88 Å². The smallest absolute Gasteiger partial charge is 0.261 e. The van der Waals surface area contributed by atoms with Crippen molar-refractivity contribution in [2.45, 2.75) is 19.3 Å². The van der Waals surface area contributed by atoms with Crippen LogP contribution in [0.2, 0.25) is 0 Å². The first-order valence-electron chi connectivity index (χ1n) is 6.65. The molecule has 1 aliphatic rings. The molecule has 1 aromatic carbocycles. The van der Waals surface area contributed by atoms with Gasteiger partial charge in [0.15, 0.2) is 0 Å². The van der Waals surface area contributed by atoms with E-state index in [-0.39, 0.29) is 17.1 Å². The lowest BCUT2D eigenvalue weighted by Crippen LogP contribution is -2.29. The van der Waals surface area contributed by atoms with Crippen LogP contribution < -0.4 is 5.32 Å². The van der Waals surface area contributed by atoms with Gasteiger partial charge in [-0.2, -0.15) is 0 Å². The van der Waals surface area contributed by atoms with Gasteiger partial charge in [-0.1, -0.05) is 6.07 Å². The van der Waals surface area contributed by atoms with Crippen molar-refractivity contribution in [1.82, 2.24) is 5.32 Å². The Morgan fingerprint density at radius 2 is 2.20 bits per heavy atom. The number of halogens is 2. The summed E-state index contributed by atoms with van der Waals surface area (Å²) < 4.78 is 13.9. The lowest BCUT2D eigenvalue weighted by atomic mass is 10.0. The number of hydrogen-bond acceptors (Lipinski definition) is 2. The number of carbonyl (C=O) groups is 1. The van der Waals surface area contributed by atoms with E-state index in [2.05, 4.69) is 5.32 Å². The van der Waals surface area contributed by atoms with Gasteiger partial charge in [0, 0.05) is 17.1 Å². The molecule has 1 aromatic heterocycles. The molecule has 1 amide bonds. The first-order valence-corrected chi connectivity index (χ1v) is 8.00. The number of carbonyl (C=O) groups excluding carboxylic acids is 1. The molecule has 1 heterocycles. The fourth-order valence-electron chi connectivity index (χ4n) is 2.36. The number of thiophene rings is 1. The molecule has 20 heavy (non-hydrogen) atoms. The van der Waals surface area contributed by atoms with Crippen LogP contribution in [0.1, 0.15) is 28.9 Å². The van der Waals surface area contributed by atoms with Crippen molar-refractivity contribution >= 4 is 38.9 Å². The molecule has 2 aromatic rings. The van der Waals surface area contributed by atoms with Crippen molar-refractivity contribution in [2.24, 2.45) is 5.41 Å². The second kappa shape index (κ2) is 5.34. The zero-order valence-electron chi connectivity index (χ0n) is 10.9. The summed E-state index contributed by atoms with van der Waals surface area (Å²) in [7, 11) is 0. The standard InChI is InChI=1S/C15H15ClFNOS/c16-6-5-15(3-4-15)9-18-14(19)13-7-10-1-2-11(17)8-12(10)20-13/h1-2,7-8H,3-6,9H2,(H,18,19). The highest BCUT2D eigenvalue weighted by Crippen LogP contribution is 2.48. The average molecular weight is 312 g/mol. The van der Waals surface area contributed by atoms with E-state index < -0.39 is 0 Å². The predicted molar refractivity (Wildman–Crippen MR) is 81.1 cm³/mol. The Morgan fingerprint density at radius 1 is 1.40 bits per heavy atom. The Kier molecular flexibility index (Phi) is 3.69. The third-order valence-electron chi connectivity index (χ3n) is 3.91. The van der Waals surface area contributed by atoms with Gasteiger partial charge in [-0.25, -0.2) is 4.39 Å². The van der Waals surface area contributed by atoms with Gasteiger partial charge in [-0.05, 0) is 48.3 Å². The minimum atomic E-state index is -0.273. The van der Waals surface area contributed by atoms with E-state index in [1.165, 1.54) is 23.5 Å². The van der Waals surface area contributed by atoms with Gasteiger partial charge in [0.25, 0.3) is 5.91 Å². The number of benzene rings is 1. The Morgan fingerprint density at radius 3 is 2.90 bits per heavy atom. The van der Waals surface area contributed by atoms with E-state index >= 15 is 0 Å². The largest absolute Gasteiger partial charge is 0.351 e. The van der Waals surface area contributed by atoms with E-state index in [4.69, 9.17) is 11.6 Å². The number of alkyl halides is 1. The van der Waals surface area contributed by atoms with Crippen molar-refractivity contribution in [3.05, 3.63) is 35.0 Å². The van der Waals surface area contributed by atoms with Crippen LogP contribution >= 0.6 is 22.9 Å². The number of amides is 1. The molecular weight excluding hydrogens is 297 g/mol. The Balaban J connectivity index is 1.69. The van der Waals surface area contributed by atoms with Crippen LogP contribution in [0.4, 0.5) is 4.39 Å². The maximum atomic E-state index is 13.1. The topological polar surface area (TPSA) is 29.1 Å². The van der Waals surface area contributed by atoms with E-state index in [9.17, 15) is 9.18 Å². The lowest BCUT2D eigenvalue weighted by Gasteiger charge is -2.13. The van der Waals surface area contributed by atoms with E-state index in [1.54, 1.807) is 6.07 Å². The summed E-state index contributed by atoms with van der Waals surface area (Å²) in [6.45, 7) is 0.682. The summed E-state index contributed by atoms with van der Waals surface area (Å²) in [4.78, 5) is 12.8. The predicted octanol–water partition coefficient (Wildman–Crippen LogP) is 4.18. The van der Waals surface area contributed by atoms with Crippen molar-refractivity contribution in [3.8, 4) is 0 Å². The van der Waals surface area contributed by atoms with Crippen LogP contribution in [-0.2, 0) is 0 Å². The molecule has 2 nitrogen and oxygen atoms in total. The summed E-state index contributed by atoms with van der Waals surface area (Å²) in [6.07, 6.45) is 3.22. The van der Waals surface area contributed by atoms with E-state index in [1.807, 2.05) is 6.07 Å². The van der Waals surface area contributed by atoms with Gasteiger partial charge in [-0.15, -0.1) is 22.9 Å². The van der Waals surface area contributed by atoms with Crippen LogP contribution in [0.25, 0.3) is 10.1 Å².